The molecule has 0 unspecified atom stereocenters. The smallest absolute Gasteiger partial charge is 1.00 e. The Morgan fingerprint density at radius 3 is 1.93 bits per heavy atom. The molecule has 0 aliphatic rings. The van der Waals surface area contributed by atoms with E-state index in [4.69, 9.17) is 4.55 Å². The molecule has 0 heterocycles. The molecule has 1 rings (SSSR count). The van der Waals surface area contributed by atoms with Gasteiger partial charge in [0, 0.05) is 0 Å². The Balaban J connectivity index is -0.000000180. The maximum Gasteiger partial charge on any atom is 1.00 e. The minimum atomic E-state index is -4.06. The van der Waals surface area contributed by atoms with Crippen molar-refractivity contribution in [1.29, 1.82) is 0 Å². The topological polar surface area (TPSA) is 54.4 Å². The number of benzene rings is 1. The van der Waals surface area contributed by atoms with Gasteiger partial charge in [0.25, 0.3) is 10.1 Å². The first kappa shape index (κ1) is 17.3. The molecule has 0 aliphatic carbocycles. The van der Waals surface area contributed by atoms with Gasteiger partial charge < -0.3 is 2.85 Å². The summed E-state index contributed by atoms with van der Waals surface area (Å²) in [7, 11) is -4.06. The van der Waals surface area contributed by atoms with Crippen molar-refractivity contribution >= 4 is 16.2 Å². The van der Waals surface area contributed by atoms with Crippen LogP contribution in [0, 0.1) is 0 Å². The summed E-state index contributed by atoms with van der Waals surface area (Å²) in [6.45, 7) is 3.51. The normalized spacial score (nSPS) is 9.50. The second-order valence-electron chi connectivity index (χ2n) is 2.25. The second kappa shape index (κ2) is 7.19. The number of hydrogen-bond acceptors (Lipinski definition) is 2. The predicted octanol–water partition coefficient (Wildman–Crippen LogP) is -4.19. The molecule has 0 aromatic heterocycles. The van der Waals surface area contributed by atoms with Gasteiger partial charge in [0.2, 0.25) is 0 Å². The summed E-state index contributed by atoms with van der Waals surface area (Å²) in [4.78, 5) is -0.104. The van der Waals surface area contributed by atoms with Crippen molar-refractivity contribution in [1.82, 2.24) is 0 Å². The van der Waals surface area contributed by atoms with E-state index in [1.54, 1.807) is 18.2 Å². The fraction of sp³-hybridized carbons (Fsp3) is 0. The van der Waals surface area contributed by atoms with Gasteiger partial charge in [0.15, 0.2) is 0 Å². The summed E-state index contributed by atoms with van der Waals surface area (Å²) in [5.74, 6) is 0. The maximum atomic E-state index is 10.6. The number of hydrogen-bond donors (Lipinski definition) is 1. The van der Waals surface area contributed by atoms with E-state index in [2.05, 4.69) is 6.58 Å². The summed E-state index contributed by atoms with van der Waals surface area (Å²) in [5, 5.41) is 0. The van der Waals surface area contributed by atoms with Crippen molar-refractivity contribution < 1.29 is 74.9 Å². The van der Waals surface area contributed by atoms with Crippen LogP contribution in [0.3, 0.4) is 0 Å². The third-order valence-electron chi connectivity index (χ3n) is 1.41. The standard InChI is InChI=1S/C8H8O3S.2Na.2H/c1-2-7-3-5-8(6-4-7)12(9,10)11;;;;/h2-6H,1H2,(H,9,10,11);;;;/q;2*+1;2*-1. The molecule has 0 radical (unpaired) electrons. The van der Waals surface area contributed by atoms with Crippen LogP contribution in [0.25, 0.3) is 6.08 Å². The molecule has 0 saturated carbocycles. The zero-order valence-electron chi connectivity index (χ0n) is 10.3. The van der Waals surface area contributed by atoms with Crippen LogP contribution in [0.5, 0.6) is 0 Å². The third kappa shape index (κ3) is 5.09. The quantitative estimate of drug-likeness (QED) is 0.415. The molecule has 14 heavy (non-hydrogen) atoms. The molecule has 1 N–H and O–H groups in total. The molecule has 1 aromatic carbocycles. The Hall–Kier alpha value is 0.870. The molecule has 6 heteroatoms. The van der Waals surface area contributed by atoms with E-state index in [9.17, 15) is 8.42 Å². The van der Waals surface area contributed by atoms with Crippen molar-refractivity contribution in [3.05, 3.63) is 36.4 Å². The molecule has 0 saturated heterocycles. The van der Waals surface area contributed by atoms with Crippen LogP contribution < -0.4 is 59.1 Å². The fourth-order valence-electron chi connectivity index (χ4n) is 0.776. The van der Waals surface area contributed by atoms with Gasteiger partial charge in [-0.15, -0.1) is 0 Å². The van der Waals surface area contributed by atoms with Crippen LogP contribution in [-0.2, 0) is 10.1 Å². The van der Waals surface area contributed by atoms with Crippen LogP contribution in [0.15, 0.2) is 35.7 Å². The summed E-state index contributed by atoms with van der Waals surface area (Å²) in [6.07, 6.45) is 1.59. The van der Waals surface area contributed by atoms with Crippen LogP contribution in [0.2, 0.25) is 0 Å². The van der Waals surface area contributed by atoms with E-state index >= 15 is 0 Å². The molecule has 0 atom stereocenters. The fourth-order valence-corrected chi connectivity index (χ4v) is 1.26. The summed E-state index contributed by atoms with van der Waals surface area (Å²) < 4.78 is 29.7. The monoisotopic (exact) mass is 232 g/mol. The molecule has 0 aliphatic heterocycles. The second-order valence-corrected chi connectivity index (χ2v) is 3.67. The van der Waals surface area contributed by atoms with E-state index in [1.807, 2.05) is 0 Å². The SMILES string of the molecule is C=Cc1ccc(S(=O)(=O)O)cc1.[H-].[H-].[Na+].[Na+]. The first-order chi connectivity index (χ1) is 5.54. The minimum Gasteiger partial charge on any atom is -1.00 e. The Kier molecular flexibility index (Phi) is 8.87. The average Bonchev–Trinajstić information content (AvgIpc) is 2.03. The van der Waals surface area contributed by atoms with Crippen molar-refractivity contribution in [3.8, 4) is 0 Å². The molecule has 0 amide bonds. The third-order valence-corrected chi connectivity index (χ3v) is 2.28. The van der Waals surface area contributed by atoms with Gasteiger partial charge in [-0.1, -0.05) is 24.8 Å². The van der Waals surface area contributed by atoms with Gasteiger partial charge in [0.05, 0.1) is 4.90 Å². The summed E-state index contributed by atoms with van der Waals surface area (Å²) >= 11 is 0. The van der Waals surface area contributed by atoms with Crippen LogP contribution in [0.1, 0.15) is 8.42 Å². The first-order valence-corrected chi connectivity index (χ1v) is 4.68. The van der Waals surface area contributed by atoms with Crippen LogP contribution in [-0.4, -0.2) is 13.0 Å². The van der Waals surface area contributed by atoms with Crippen molar-refractivity contribution in [2.24, 2.45) is 0 Å². The first-order valence-electron chi connectivity index (χ1n) is 3.24. The van der Waals surface area contributed by atoms with Crippen LogP contribution >= 0.6 is 0 Å². The number of rotatable bonds is 2. The molecule has 1 aromatic rings. The van der Waals surface area contributed by atoms with Crippen LogP contribution in [0.4, 0.5) is 0 Å². The van der Waals surface area contributed by atoms with E-state index in [0.29, 0.717) is 0 Å². The van der Waals surface area contributed by atoms with Crippen molar-refractivity contribution in [3.63, 3.8) is 0 Å². The molecule has 0 bridgehead atoms. The zero-order valence-corrected chi connectivity index (χ0v) is 13.1. The Labute approximate surface area is 131 Å². The Bertz CT molecular complexity index is 392. The Morgan fingerprint density at radius 2 is 1.64 bits per heavy atom. The molecule has 3 nitrogen and oxygen atoms in total. The molecule has 0 spiro atoms. The van der Waals surface area contributed by atoms with Gasteiger partial charge >= 0.3 is 59.1 Å². The predicted molar refractivity (Wildman–Crippen MR) is 48.6 cm³/mol. The summed E-state index contributed by atoms with van der Waals surface area (Å²) in [5.41, 5.74) is 0.808. The maximum absolute atomic E-state index is 10.6. The van der Waals surface area contributed by atoms with E-state index in [-0.39, 0.29) is 66.9 Å². The van der Waals surface area contributed by atoms with Gasteiger partial charge in [-0.05, 0) is 17.7 Å². The molecule has 68 valence electrons. The summed E-state index contributed by atoms with van der Waals surface area (Å²) in [6, 6.07) is 5.78. The van der Waals surface area contributed by atoms with Gasteiger partial charge in [-0.2, -0.15) is 8.42 Å². The van der Waals surface area contributed by atoms with E-state index < -0.39 is 10.1 Å². The largest absolute Gasteiger partial charge is 1.00 e. The average molecular weight is 232 g/mol. The molecular formula is C8H10Na2O3S. The van der Waals surface area contributed by atoms with Gasteiger partial charge in [-0.25, -0.2) is 0 Å². The van der Waals surface area contributed by atoms with Crippen molar-refractivity contribution in [2.75, 3.05) is 0 Å². The molecule has 0 fully saturated rings. The van der Waals surface area contributed by atoms with Gasteiger partial charge in [-0.3, -0.25) is 4.55 Å². The zero-order chi connectivity index (χ0) is 9.19. The Morgan fingerprint density at radius 1 is 1.21 bits per heavy atom. The van der Waals surface area contributed by atoms with Gasteiger partial charge in [0.1, 0.15) is 0 Å². The molecular weight excluding hydrogens is 222 g/mol. The van der Waals surface area contributed by atoms with Crippen molar-refractivity contribution in [2.45, 2.75) is 4.90 Å². The van der Waals surface area contributed by atoms with E-state index in [1.165, 1.54) is 12.1 Å². The minimum absolute atomic E-state index is 0. The van der Waals surface area contributed by atoms with E-state index in [0.717, 1.165) is 5.56 Å².